The van der Waals surface area contributed by atoms with Gasteiger partial charge in [-0.25, -0.2) is 4.79 Å². The fraction of sp³-hybridized carbons (Fsp3) is 0.636. The monoisotopic (exact) mass is 678 g/mol. The van der Waals surface area contributed by atoms with E-state index in [0.29, 0.717) is 12.0 Å². The molecule has 10 N–H and O–H groups in total. The summed E-state index contributed by atoms with van der Waals surface area (Å²) in [5.41, 5.74) is 6.50. The molecule has 0 bridgehead atoms. The Hall–Kier alpha value is -4.24. The molecule has 270 valence electrons. The summed E-state index contributed by atoms with van der Waals surface area (Å²) in [6.07, 6.45) is -0.719. The van der Waals surface area contributed by atoms with Gasteiger partial charge in [-0.05, 0) is 55.7 Å². The molecule has 0 aliphatic rings. The minimum atomic E-state index is -1.51. The van der Waals surface area contributed by atoms with Crippen molar-refractivity contribution in [3.8, 4) is 5.75 Å². The van der Waals surface area contributed by atoms with Crippen LogP contribution in [0, 0.1) is 17.8 Å². The zero-order valence-electron chi connectivity index (χ0n) is 29.1. The molecule has 15 nitrogen and oxygen atoms in total. The maximum atomic E-state index is 13.6. The lowest BCUT2D eigenvalue weighted by molar-refractivity contribution is -0.143. The molecule has 0 saturated heterocycles. The highest BCUT2D eigenvalue weighted by molar-refractivity contribution is 5.96. The molecule has 1 aromatic carbocycles. The van der Waals surface area contributed by atoms with Crippen LogP contribution in [0.15, 0.2) is 24.3 Å². The molecule has 0 spiro atoms. The molecule has 0 fully saturated rings. The number of benzene rings is 1. The predicted octanol–water partition coefficient (Wildman–Crippen LogP) is -0.0805. The van der Waals surface area contributed by atoms with Crippen LogP contribution in [0.3, 0.4) is 0 Å². The van der Waals surface area contributed by atoms with Crippen LogP contribution in [0.5, 0.6) is 5.75 Å². The Labute approximate surface area is 282 Å². The van der Waals surface area contributed by atoms with Crippen molar-refractivity contribution < 1.29 is 44.1 Å². The average molecular weight is 679 g/mol. The number of nitrogens with two attached hydrogens (primary N) is 1. The first-order valence-electron chi connectivity index (χ1n) is 16.2. The number of amides is 5. The number of carboxylic acid groups (broad SMARTS) is 1. The number of carbonyl (C=O) groups is 6. The number of aliphatic hydroxyl groups excluding tert-OH is 1. The molecule has 1 rings (SSSR count). The second kappa shape index (κ2) is 19.5. The molecule has 0 unspecified atom stereocenters. The third kappa shape index (κ3) is 13.5. The Morgan fingerprint density at radius 2 is 1.23 bits per heavy atom. The predicted molar refractivity (Wildman–Crippen MR) is 178 cm³/mol. The number of hydrogen-bond donors (Lipinski definition) is 9. The van der Waals surface area contributed by atoms with Crippen LogP contribution in [0.2, 0.25) is 0 Å². The van der Waals surface area contributed by atoms with E-state index in [1.807, 2.05) is 6.92 Å². The summed E-state index contributed by atoms with van der Waals surface area (Å²) in [5.74, 6) is -5.75. The Bertz CT molecular complexity index is 1250. The fourth-order valence-electron chi connectivity index (χ4n) is 4.65. The summed E-state index contributed by atoms with van der Waals surface area (Å²) in [4.78, 5) is 77.5. The minimum absolute atomic E-state index is 0.0135. The van der Waals surface area contributed by atoms with Gasteiger partial charge >= 0.3 is 5.97 Å². The maximum absolute atomic E-state index is 13.6. The molecular weight excluding hydrogens is 624 g/mol. The van der Waals surface area contributed by atoms with E-state index in [1.54, 1.807) is 46.8 Å². The third-order valence-electron chi connectivity index (χ3n) is 7.95. The molecule has 0 aliphatic heterocycles. The van der Waals surface area contributed by atoms with Crippen molar-refractivity contribution in [3.63, 3.8) is 0 Å². The first-order valence-corrected chi connectivity index (χ1v) is 16.2. The van der Waals surface area contributed by atoms with Gasteiger partial charge in [-0.3, -0.25) is 24.0 Å². The lowest BCUT2D eigenvalue weighted by Gasteiger charge is -2.28. The van der Waals surface area contributed by atoms with Crippen molar-refractivity contribution >= 4 is 35.5 Å². The van der Waals surface area contributed by atoms with Gasteiger partial charge in [0, 0.05) is 6.42 Å². The van der Waals surface area contributed by atoms with Crippen LogP contribution in [0.1, 0.15) is 73.8 Å². The van der Waals surface area contributed by atoms with Crippen molar-refractivity contribution in [1.82, 2.24) is 26.6 Å². The van der Waals surface area contributed by atoms with Crippen molar-refractivity contribution in [2.75, 3.05) is 0 Å². The number of aliphatic hydroxyl groups is 1. The van der Waals surface area contributed by atoms with Gasteiger partial charge in [0.2, 0.25) is 29.5 Å². The SMILES string of the molecule is CC[C@H](C)[C@H](N)C(=O)N[C@@H](C)C(=O)N[C@H](C(=O)N[C@@H](CC(C)C)C(=O)N[C@@H](Cc1ccc(O)cc1)C(=O)N[C@H](C(=O)O)C(C)C)[C@@H](C)O. The normalized spacial score (nSPS) is 16.3. The van der Waals surface area contributed by atoms with Gasteiger partial charge in [-0.15, -0.1) is 0 Å². The summed E-state index contributed by atoms with van der Waals surface area (Å²) in [6.45, 7) is 13.2. The molecule has 0 heterocycles. The molecule has 1 aromatic rings. The quantitative estimate of drug-likeness (QED) is 0.0941. The number of aliphatic carboxylic acids is 1. The van der Waals surface area contributed by atoms with Crippen LogP contribution in [0.25, 0.3) is 0 Å². The molecule has 5 amide bonds. The largest absolute Gasteiger partial charge is 0.508 e. The summed E-state index contributed by atoms with van der Waals surface area (Å²) in [6, 6.07) is -1.31. The van der Waals surface area contributed by atoms with Gasteiger partial charge in [0.1, 0.15) is 36.0 Å². The Balaban J connectivity index is 3.21. The molecule has 48 heavy (non-hydrogen) atoms. The first kappa shape index (κ1) is 41.8. The molecule has 0 aliphatic carbocycles. The molecule has 0 radical (unpaired) electrons. The number of nitrogens with one attached hydrogen (secondary N) is 5. The van der Waals surface area contributed by atoms with Crippen molar-refractivity contribution in [2.45, 2.75) is 117 Å². The van der Waals surface area contributed by atoms with E-state index in [4.69, 9.17) is 5.73 Å². The number of hydrogen-bond acceptors (Lipinski definition) is 9. The zero-order valence-corrected chi connectivity index (χ0v) is 29.1. The van der Waals surface area contributed by atoms with Crippen molar-refractivity contribution in [3.05, 3.63) is 29.8 Å². The third-order valence-corrected chi connectivity index (χ3v) is 7.95. The Morgan fingerprint density at radius 3 is 1.71 bits per heavy atom. The number of phenols is 1. The second-order valence-corrected chi connectivity index (χ2v) is 13.1. The standard InChI is InChI=1S/C33H54N6O9/c1-9-18(6)25(34)31(45)35-19(7)28(42)39-27(20(8)40)32(46)37-23(14-16(2)3)29(43)36-24(15-21-10-12-22(41)13-11-21)30(44)38-26(17(4)5)33(47)48/h10-13,16-20,23-27,40-41H,9,14-15,34H2,1-8H3,(H,35,45)(H,36,43)(H,37,46)(H,38,44)(H,39,42)(H,47,48)/t18-,19-,20+,23-,24-,25-,26-,27-/m0/s1. The summed E-state index contributed by atoms with van der Waals surface area (Å²) in [7, 11) is 0. The van der Waals surface area contributed by atoms with Gasteiger partial charge in [-0.2, -0.15) is 0 Å². The molecule has 15 heteroatoms. The van der Waals surface area contributed by atoms with E-state index in [1.165, 1.54) is 26.0 Å². The zero-order chi connectivity index (χ0) is 36.9. The minimum Gasteiger partial charge on any atom is -0.508 e. The molecule has 0 aromatic heterocycles. The van der Waals surface area contributed by atoms with Gasteiger partial charge in [0.05, 0.1) is 12.1 Å². The molecular formula is C33H54N6O9. The van der Waals surface area contributed by atoms with Crippen LogP contribution in [0.4, 0.5) is 0 Å². The summed E-state index contributed by atoms with van der Waals surface area (Å²) in [5, 5.41) is 42.2. The lowest BCUT2D eigenvalue weighted by Crippen LogP contribution is -2.61. The van der Waals surface area contributed by atoms with Gasteiger partial charge < -0.3 is 47.6 Å². The van der Waals surface area contributed by atoms with E-state index < -0.39 is 83.8 Å². The number of phenolic OH excluding ortho intramolecular Hbond substituents is 1. The highest BCUT2D eigenvalue weighted by atomic mass is 16.4. The number of rotatable bonds is 19. The fourth-order valence-corrected chi connectivity index (χ4v) is 4.65. The van der Waals surface area contributed by atoms with E-state index in [0.717, 1.165) is 0 Å². The van der Waals surface area contributed by atoms with Crippen LogP contribution < -0.4 is 32.3 Å². The topological polar surface area (TPSA) is 249 Å². The van der Waals surface area contributed by atoms with Gasteiger partial charge in [0.25, 0.3) is 0 Å². The number of aromatic hydroxyl groups is 1. The number of carboxylic acids is 1. The average Bonchev–Trinajstić information content (AvgIpc) is 3.00. The van der Waals surface area contributed by atoms with Crippen LogP contribution in [-0.2, 0) is 35.2 Å². The van der Waals surface area contributed by atoms with E-state index >= 15 is 0 Å². The lowest BCUT2D eigenvalue weighted by atomic mass is 9.99. The van der Waals surface area contributed by atoms with E-state index in [9.17, 15) is 44.1 Å². The smallest absolute Gasteiger partial charge is 0.326 e. The van der Waals surface area contributed by atoms with Crippen molar-refractivity contribution in [2.24, 2.45) is 23.5 Å². The summed E-state index contributed by atoms with van der Waals surface area (Å²) >= 11 is 0. The highest BCUT2D eigenvalue weighted by Crippen LogP contribution is 2.14. The van der Waals surface area contributed by atoms with Crippen LogP contribution in [-0.4, -0.2) is 93.2 Å². The molecule has 8 atom stereocenters. The van der Waals surface area contributed by atoms with Crippen molar-refractivity contribution in [1.29, 1.82) is 0 Å². The number of carbonyl (C=O) groups excluding carboxylic acids is 5. The Kier molecular flexibility index (Phi) is 17.0. The maximum Gasteiger partial charge on any atom is 0.326 e. The van der Waals surface area contributed by atoms with Gasteiger partial charge in [-0.1, -0.05) is 60.1 Å². The first-order chi connectivity index (χ1) is 22.3. The van der Waals surface area contributed by atoms with E-state index in [-0.39, 0.29) is 30.4 Å². The Morgan fingerprint density at radius 1 is 0.708 bits per heavy atom. The summed E-state index contributed by atoms with van der Waals surface area (Å²) < 4.78 is 0. The highest BCUT2D eigenvalue weighted by Gasteiger charge is 2.34. The molecule has 0 saturated carbocycles. The van der Waals surface area contributed by atoms with E-state index in [2.05, 4.69) is 26.6 Å². The van der Waals surface area contributed by atoms with Gasteiger partial charge in [0.15, 0.2) is 0 Å². The second-order valence-electron chi connectivity index (χ2n) is 13.1. The van der Waals surface area contributed by atoms with Crippen LogP contribution >= 0.6 is 0 Å².